The van der Waals surface area contributed by atoms with E-state index in [0.29, 0.717) is 12.2 Å². The van der Waals surface area contributed by atoms with Crippen molar-refractivity contribution >= 4 is 5.97 Å². The molecule has 2 nitrogen and oxygen atoms in total. The van der Waals surface area contributed by atoms with Crippen molar-refractivity contribution in [3.8, 4) is 16.9 Å². The van der Waals surface area contributed by atoms with Crippen LogP contribution in [-0.4, -0.2) is 5.97 Å². The summed E-state index contributed by atoms with van der Waals surface area (Å²) in [5.74, 6) is 2.18. The lowest BCUT2D eigenvalue weighted by atomic mass is 9.77. The van der Waals surface area contributed by atoms with Gasteiger partial charge in [-0.15, -0.1) is 0 Å². The summed E-state index contributed by atoms with van der Waals surface area (Å²) in [5.41, 5.74) is 3.89. The average molecular weight is 463 g/mol. The number of ether oxygens (including phenoxy) is 1. The fourth-order valence-corrected chi connectivity index (χ4v) is 5.34. The van der Waals surface area contributed by atoms with Crippen LogP contribution in [-0.2, 0) is 4.79 Å². The van der Waals surface area contributed by atoms with Crippen molar-refractivity contribution in [3.05, 3.63) is 54.1 Å². The van der Waals surface area contributed by atoms with Gasteiger partial charge in [0.25, 0.3) is 0 Å². The molecule has 0 spiro atoms. The molecule has 34 heavy (non-hydrogen) atoms. The average Bonchev–Trinajstić information content (AvgIpc) is 2.88. The van der Waals surface area contributed by atoms with Gasteiger partial charge in [0.1, 0.15) is 5.75 Å². The largest absolute Gasteiger partial charge is 0.427 e. The predicted octanol–water partition coefficient (Wildman–Crippen LogP) is 9.86. The minimum absolute atomic E-state index is 0.143. The third-order valence-corrected chi connectivity index (χ3v) is 7.60. The summed E-state index contributed by atoms with van der Waals surface area (Å²) in [6, 6.07) is 17.1. The van der Waals surface area contributed by atoms with Crippen LogP contribution < -0.4 is 4.74 Å². The monoisotopic (exact) mass is 462 g/mol. The van der Waals surface area contributed by atoms with Crippen LogP contribution in [0.25, 0.3) is 11.1 Å². The van der Waals surface area contributed by atoms with Gasteiger partial charge in [-0.3, -0.25) is 4.79 Å². The second-order valence-electron chi connectivity index (χ2n) is 10.4. The van der Waals surface area contributed by atoms with Crippen molar-refractivity contribution in [2.45, 2.75) is 116 Å². The fraction of sp³-hybridized carbons (Fsp3) is 0.594. The Balaban J connectivity index is 1.40. The summed E-state index contributed by atoms with van der Waals surface area (Å²) in [6.07, 6.45) is 19.3. The molecule has 2 aromatic carbocycles. The van der Waals surface area contributed by atoms with Crippen molar-refractivity contribution in [2.24, 2.45) is 5.92 Å². The summed E-state index contributed by atoms with van der Waals surface area (Å²) >= 11 is 0. The first kappa shape index (κ1) is 26.5. The molecule has 3 rings (SSSR count). The number of hydrogen-bond acceptors (Lipinski definition) is 2. The zero-order valence-corrected chi connectivity index (χ0v) is 21.7. The normalized spacial score (nSPS) is 18.1. The highest BCUT2D eigenvalue weighted by Crippen LogP contribution is 2.38. The van der Waals surface area contributed by atoms with Crippen LogP contribution in [0, 0.1) is 5.92 Å². The lowest BCUT2D eigenvalue weighted by Crippen LogP contribution is -2.13. The molecule has 2 heteroatoms. The Morgan fingerprint density at radius 1 is 0.706 bits per heavy atom. The summed E-state index contributed by atoms with van der Waals surface area (Å²) in [6.45, 7) is 4.37. The predicted molar refractivity (Wildman–Crippen MR) is 144 cm³/mol. The summed E-state index contributed by atoms with van der Waals surface area (Å²) in [7, 11) is 0. The van der Waals surface area contributed by atoms with E-state index in [4.69, 9.17) is 4.74 Å². The van der Waals surface area contributed by atoms with Crippen LogP contribution in [0.3, 0.4) is 0 Å². The van der Waals surface area contributed by atoms with Crippen LogP contribution in [0.1, 0.15) is 122 Å². The Labute approximate surface area is 208 Å². The van der Waals surface area contributed by atoms with E-state index < -0.39 is 0 Å². The van der Waals surface area contributed by atoms with Crippen LogP contribution in [0.2, 0.25) is 0 Å². The Morgan fingerprint density at radius 2 is 1.26 bits per heavy atom. The van der Waals surface area contributed by atoms with Gasteiger partial charge < -0.3 is 4.74 Å². The van der Waals surface area contributed by atoms with Gasteiger partial charge in [-0.1, -0.05) is 108 Å². The second-order valence-corrected chi connectivity index (χ2v) is 10.4. The maximum atomic E-state index is 11.8. The number of carbonyl (C=O) groups excluding carboxylic acids is 1. The standard InChI is InChI=1S/C32H46O2/c1-3-5-7-8-9-10-11-12-26-14-16-27(17-15-26)28-18-20-29(21-19-28)30-22-24-31(25-23-30)34-32(33)13-6-4-2/h18-27H,3-17H2,1-2H3. The highest BCUT2D eigenvalue weighted by atomic mass is 16.5. The molecule has 186 valence electrons. The maximum absolute atomic E-state index is 11.8. The fourth-order valence-electron chi connectivity index (χ4n) is 5.34. The molecule has 0 aliphatic heterocycles. The first-order valence-corrected chi connectivity index (χ1v) is 14.1. The van der Waals surface area contributed by atoms with E-state index in [1.807, 2.05) is 24.3 Å². The molecule has 1 aliphatic rings. The van der Waals surface area contributed by atoms with Gasteiger partial charge in [0.05, 0.1) is 0 Å². The smallest absolute Gasteiger partial charge is 0.311 e. The molecule has 0 heterocycles. The van der Waals surface area contributed by atoms with E-state index in [0.717, 1.165) is 24.7 Å². The van der Waals surface area contributed by atoms with Crippen molar-refractivity contribution in [1.82, 2.24) is 0 Å². The van der Waals surface area contributed by atoms with E-state index in [9.17, 15) is 4.79 Å². The van der Waals surface area contributed by atoms with E-state index in [1.165, 1.54) is 93.7 Å². The topological polar surface area (TPSA) is 26.3 Å². The molecule has 0 aromatic heterocycles. The zero-order valence-electron chi connectivity index (χ0n) is 21.7. The van der Waals surface area contributed by atoms with Gasteiger partial charge in [0.15, 0.2) is 0 Å². The summed E-state index contributed by atoms with van der Waals surface area (Å²) in [4.78, 5) is 11.8. The lowest BCUT2D eigenvalue weighted by molar-refractivity contribution is -0.134. The molecule has 1 saturated carbocycles. The summed E-state index contributed by atoms with van der Waals surface area (Å²) in [5, 5.41) is 0. The molecule has 2 aromatic rings. The van der Waals surface area contributed by atoms with Gasteiger partial charge in [0, 0.05) is 6.42 Å². The maximum Gasteiger partial charge on any atom is 0.311 e. The first-order valence-electron chi connectivity index (χ1n) is 14.1. The number of esters is 1. The highest BCUT2D eigenvalue weighted by Gasteiger charge is 2.22. The van der Waals surface area contributed by atoms with E-state index >= 15 is 0 Å². The van der Waals surface area contributed by atoms with Crippen molar-refractivity contribution in [2.75, 3.05) is 0 Å². The highest BCUT2D eigenvalue weighted by molar-refractivity contribution is 5.73. The van der Waals surface area contributed by atoms with E-state index in [-0.39, 0.29) is 5.97 Å². The SMILES string of the molecule is CCCCCCCCCC1CCC(c2ccc(-c3ccc(OC(=O)CCCC)cc3)cc2)CC1. The summed E-state index contributed by atoms with van der Waals surface area (Å²) < 4.78 is 5.43. The quantitative estimate of drug-likeness (QED) is 0.159. The van der Waals surface area contributed by atoms with Crippen LogP contribution >= 0.6 is 0 Å². The molecular weight excluding hydrogens is 416 g/mol. The molecule has 0 N–H and O–H groups in total. The molecule has 1 fully saturated rings. The van der Waals surface area contributed by atoms with Crippen molar-refractivity contribution in [3.63, 3.8) is 0 Å². The lowest BCUT2D eigenvalue weighted by Gasteiger charge is -2.29. The van der Waals surface area contributed by atoms with Gasteiger partial charge in [-0.25, -0.2) is 0 Å². The Bertz CT molecular complexity index is 813. The minimum atomic E-state index is -0.143. The Hall–Kier alpha value is -2.09. The number of rotatable bonds is 14. The van der Waals surface area contributed by atoms with Crippen LogP contribution in [0.5, 0.6) is 5.75 Å². The molecule has 0 atom stereocenters. The zero-order chi connectivity index (χ0) is 24.0. The third-order valence-electron chi connectivity index (χ3n) is 7.60. The van der Waals surface area contributed by atoms with Crippen molar-refractivity contribution in [1.29, 1.82) is 0 Å². The van der Waals surface area contributed by atoms with E-state index in [1.54, 1.807) is 0 Å². The van der Waals surface area contributed by atoms with E-state index in [2.05, 4.69) is 38.1 Å². The molecule has 0 unspecified atom stereocenters. The number of unbranched alkanes of at least 4 members (excludes halogenated alkanes) is 7. The Morgan fingerprint density at radius 3 is 1.88 bits per heavy atom. The molecule has 0 radical (unpaired) electrons. The third kappa shape index (κ3) is 8.93. The molecule has 1 aliphatic carbocycles. The molecule has 0 bridgehead atoms. The minimum Gasteiger partial charge on any atom is -0.427 e. The number of hydrogen-bond donors (Lipinski definition) is 0. The molecule has 0 amide bonds. The van der Waals surface area contributed by atoms with Crippen LogP contribution in [0.15, 0.2) is 48.5 Å². The Kier molecular flexibility index (Phi) is 11.7. The molecular formula is C32H46O2. The van der Waals surface area contributed by atoms with Crippen molar-refractivity contribution < 1.29 is 9.53 Å². The number of carbonyl (C=O) groups is 1. The van der Waals surface area contributed by atoms with Gasteiger partial charge >= 0.3 is 5.97 Å². The van der Waals surface area contributed by atoms with Gasteiger partial charge in [-0.05, 0) is 72.8 Å². The molecule has 0 saturated heterocycles. The number of benzene rings is 2. The van der Waals surface area contributed by atoms with Crippen LogP contribution in [0.4, 0.5) is 0 Å². The second kappa shape index (κ2) is 15.0. The first-order chi connectivity index (χ1) is 16.7. The van der Waals surface area contributed by atoms with Gasteiger partial charge in [-0.2, -0.15) is 0 Å². The van der Waals surface area contributed by atoms with Gasteiger partial charge in [0.2, 0.25) is 0 Å².